The van der Waals surface area contributed by atoms with Crippen LogP contribution in [-0.2, 0) is 16.0 Å². The standard InChI is InChI=1S/C30H32FN3O2/c1-2-3-4-6-23-7-5-8-24(21-23)9-14-28(35)32-17-20-34-18-15-30(16-19-34)27(22-33-29(30)36)25-10-12-26(31)13-11-25/h2-5,7-8,10-13,21,27H,1,6,15-20,22H2,(H,32,35)(H,33,36)/b4-3-/t27-/m1/s1. The molecule has 2 fully saturated rings. The highest BCUT2D eigenvalue weighted by Crippen LogP contribution is 2.47. The molecule has 0 saturated carbocycles. The van der Waals surface area contributed by atoms with Gasteiger partial charge in [-0.15, -0.1) is 0 Å². The Kier molecular flexibility index (Phi) is 8.35. The molecule has 0 unspecified atom stereocenters. The number of rotatable bonds is 7. The molecule has 2 aliphatic heterocycles. The Morgan fingerprint density at radius 1 is 1.22 bits per heavy atom. The van der Waals surface area contributed by atoms with E-state index in [1.54, 1.807) is 18.2 Å². The molecule has 186 valence electrons. The fourth-order valence-electron chi connectivity index (χ4n) is 5.18. The van der Waals surface area contributed by atoms with E-state index in [0.29, 0.717) is 19.6 Å². The van der Waals surface area contributed by atoms with E-state index in [0.717, 1.165) is 49.0 Å². The first-order valence-electron chi connectivity index (χ1n) is 12.4. The van der Waals surface area contributed by atoms with E-state index in [2.05, 4.69) is 34.0 Å². The summed E-state index contributed by atoms with van der Waals surface area (Å²) in [5.41, 5.74) is 2.49. The van der Waals surface area contributed by atoms with Crippen LogP contribution in [0.4, 0.5) is 4.39 Å². The van der Waals surface area contributed by atoms with Gasteiger partial charge in [0.15, 0.2) is 0 Å². The Morgan fingerprint density at radius 3 is 2.75 bits per heavy atom. The molecule has 2 N–H and O–H groups in total. The van der Waals surface area contributed by atoms with Crippen molar-refractivity contribution < 1.29 is 14.0 Å². The molecule has 1 spiro atoms. The summed E-state index contributed by atoms with van der Waals surface area (Å²) in [4.78, 5) is 27.3. The van der Waals surface area contributed by atoms with Gasteiger partial charge in [-0.3, -0.25) is 9.59 Å². The van der Waals surface area contributed by atoms with Crippen molar-refractivity contribution in [3.05, 3.63) is 95.8 Å². The summed E-state index contributed by atoms with van der Waals surface area (Å²) in [5.74, 6) is 5.20. The predicted octanol–water partition coefficient (Wildman–Crippen LogP) is 3.57. The van der Waals surface area contributed by atoms with E-state index in [1.807, 2.05) is 36.4 Å². The van der Waals surface area contributed by atoms with E-state index in [-0.39, 0.29) is 23.5 Å². The molecule has 1 atom stereocenters. The summed E-state index contributed by atoms with van der Waals surface area (Å²) in [6.07, 6.45) is 7.94. The Hall–Kier alpha value is -3.69. The van der Waals surface area contributed by atoms with Crippen molar-refractivity contribution in [1.29, 1.82) is 0 Å². The van der Waals surface area contributed by atoms with Crippen LogP contribution >= 0.6 is 0 Å². The van der Waals surface area contributed by atoms with Gasteiger partial charge in [-0.05, 0) is 67.7 Å². The molecule has 4 rings (SSSR count). The first-order valence-corrected chi connectivity index (χ1v) is 12.4. The Balaban J connectivity index is 1.25. The number of piperidine rings is 1. The molecule has 2 heterocycles. The number of carbonyl (C=O) groups excluding carboxylic acids is 2. The number of benzene rings is 2. The first kappa shape index (κ1) is 25.4. The van der Waals surface area contributed by atoms with Crippen molar-refractivity contribution in [2.75, 3.05) is 32.7 Å². The van der Waals surface area contributed by atoms with Gasteiger partial charge in [-0.25, -0.2) is 4.39 Å². The van der Waals surface area contributed by atoms with Gasteiger partial charge in [-0.2, -0.15) is 0 Å². The van der Waals surface area contributed by atoms with E-state index < -0.39 is 5.41 Å². The number of carbonyl (C=O) groups is 2. The normalized spacial score (nSPS) is 19.0. The van der Waals surface area contributed by atoms with Gasteiger partial charge in [0.25, 0.3) is 5.91 Å². The van der Waals surface area contributed by atoms with Crippen LogP contribution in [0.25, 0.3) is 0 Å². The van der Waals surface area contributed by atoms with Crippen LogP contribution in [-0.4, -0.2) is 49.4 Å². The SMILES string of the molecule is C=C/C=C\Cc1cccc(C#CC(=O)NCCN2CCC3(CC2)C(=O)NC[C@@H]3c2ccc(F)cc2)c1. The molecular formula is C30H32FN3O2. The van der Waals surface area contributed by atoms with Crippen LogP contribution in [0.1, 0.15) is 35.4 Å². The maximum Gasteiger partial charge on any atom is 0.296 e. The molecule has 0 bridgehead atoms. The van der Waals surface area contributed by atoms with Crippen LogP contribution in [0.5, 0.6) is 0 Å². The molecule has 6 heteroatoms. The molecule has 2 saturated heterocycles. The molecule has 5 nitrogen and oxygen atoms in total. The minimum atomic E-state index is -0.445. The maximum absolute atomic E-state index is 13.4. The average molecular weight is 486 g/mol. The van der Waals surface area contributed by atoms with Crippen LogP contribution in [0.15, 0.2) is 73.3 Å². The summed E-state index contributed by atoms with van der Waals surface area (Å²) >= 11 is 0. The van der Waals surface area contributed by atoms with Crippen molar-refractivity contribution in [3.8, 4) is 11.8 Å². The highest BCUT2D eigenvalue weighted by Gasteiger charge is 2.51. The van der Waals surface area contributed by atoms with Crippen molar-refractivity contribution >= 4 is 11.8 Å². The van der Waals surface area contributed by atoms with Crippen molar-refractivity contribution in [2.24, 2.45) is 5.41 Å². The number of hydrogen-bond donors (Lipinski definition) is 2. The van der Waals surface area contributed by atoms with Crippen molar-refractivity contribution in [3.63, 3.8) is 0 Å². The van der Waals surface area contributed by atoms with Gasteiger partial charge in [0.1, 0.15) is 5.82 Å². The second-order valence-corrected chi connectivity index (χ2v) is 9.39. The molecule has 0 aromatic heterocycles. The van der Waals surface area contributed by atoms with Gasteiger partial charge in [-0.1, -0.05) is 55.0 Å². The van der Waals surface area contributed by atoms with E-state index in [9.17, 15) is 14.0 Å². The third kappa shape index (κ3) is 6.10. The minimum absolute atomic E-state index is 0.0549. The number of allylic oxidation sites excluding steroid dienone is 3. The lowest BCUT2D eigenvalue weighted by Gasteiger charge is -2.41. The monoisotopic (exact) mass is 485 g/mol. The largest absolute Gasteiger partial charge is 0.355 e. The van der Waals surface area contributed by atoms with Gasteiger partial charge in [0.05, 0.1) is 5.41 Å². The summed E-state index contributed by atoms with van der Waals surface area (Å²) in [6, 6.07) is 14.3. The number of halogens is 1. The van der Waals surface area contributed by atoms with Gasteiger partial charge in [0, 0.05) is 37.0 Å². The zero-order valence-electron chi connectivity index (χ0n) is 20.4. The quantitative estimate of drug-likeness (QED) is 0.466. The lowest BCUT2D eigenvalue weighted by molar-refractivity contribution is -0.130. The molecule has 0 aliphatic carbocycles. The third-order valence-electron chi connectivity index (χ3n) is 7.19. The fraction of sp³-hybridized carbons (Fsp3) is 0.333. The Morgan fingerprint density at radius 2 is 2.00 bits per heavy atom. The second-order valence-electron chi connectivity index (χ2n) is 9.39. The highest BCUT2D eigenvalue weighted by molar-refractivity contribution is 5.94. The summed E-state index contributed by atoms with van der Waals surface area (Å²) in [6.45, 7) is 7.02. The average Bonchev–Trinajstić information content (AvgIpc) is 3.20. The van der Waals surface area contributed by atoms with Crippen LogP contribution < -0.4 is 10.6 Å². The lowest BCUT2D eigenvalue weighted by Crippen LogP contribution is -2.47. The molecule has 2 aromatic carbocycles. The predicted molar refractivity (Wildman–Crippen MR) is 140 cm³/mol. The van der Waals surface area contributed by atoms with Crippen LogP contribution in [0.3, 0.4) is 0 Å². The number of likely N-dealkylation sites (tertiary alicyclic amines) is 1. The topological polar surface area (TPSA) is 61.4 Å². The Labute approximate surface area is 212 Å². The van der Waals surface area contributed by atoms with Gasteiger partial charge in [0.2, 0.25) is 5.91 Å². The number of nitrogens with one attached hydrogen (secondary N) is 2. The summed E-state index contributed by atoms with van der Waals surface area (Å²) in [5, 5.41) is 5.90. The lowest BCUT2D eigenvalue weighted by atomic mass is 9.68. The number of hydrogen-bond acceptors (Lipinski definition) is 3. The van der Waals surface area contributed by atoms with Gasteiger partial charge < -0.3 is 15.5 Å². The maximum atomic E-state index is 13.4. The molecular weight excluding hydrogens is 453 g/mol. The molecule has 2 amide bonds. The molecule has 36 heavy (non-hydrogen) atoms. The van der Waals surface area contributed by atoms with Gasteiger partial charge >= 0.3 is 0 Å². The van der Waals surface area contributed by atoms with Crippen molar-refractivity contribution in [2.45, 2.75) is 25.2 Å². The molecule has 2 aliphatic rings. The zero-order valence-corrected chi connectivity index (χ0v) is 20.4. The molecule has 0 radical (unpaired) electrons. The zero-order chi connectivity index (χ0) is 25.4. The smallest absolute Gasteiger partial charge is 0.296 e. The number of amides is 2. The Bertz CT molecular complexity index is 1180. The minimum Gasteiger partial charge on any atom is -0.355 e. The number of nitrogens with zero attached hydrogens (tertiary/aromatic N) is 1. The summed E-state index contributed by atoms with van der Waals surface area (Å²) < 4.78 is 13.4. The summed E-state index contributed by atoms with van der Waals surface area (Å²) in [7, 11) is 0. The fourth-order valence-corrected chi connectivity index (χ4v) is 5.18. The van der Waals surface area contributed by atoms with E-state index >= 15 is 0 Å². The van der Waals surface area contributed by atoms with Crippen LogP contribution in [0.2, 0.25) is 0 Å². The highest BCUT2D eigenvalue weighted by atomic mass is 19.1. The molecule has 2 aromatic rings. The van der Waals surface area contributed by atoms with Crippen molar-refractivity contribution in [1.82, 2.24) is 15.5 Å². The third-order valence-corrected chi connectivity index (χ3v) is 7.19. The van der Waals surface area contributed by atoms with E-state index in [4.69, 9.17) is 0 Å². The van der Waals surface area contributed by atoms with Crippen LogP contribution in [0, 0.1) is 23.1 Å². The first-order chi connectivity index (χ1) is 17.5. The second kappa shape index (κ2) is 11.8. The van der Waals surface area contributed by atoms with E-state index in [1.165, 1.54) is 12.1 Å².